The van der Waals surface area contributed by atoms with Crippen molar-refractivity contribution >= 4 is 10.0 Å². The number of nitrogens with one attached hydrogen (secondary N) is 1. The van der Waals surface area contributed by atoms with E-state index in [1.54, 1.807) is 12.1 Å². The van der Waals surface area contributed by atoms with Gasteiger partial charge in [0, 0.05) is 0 Å². The molecule has 1 heterocycles. The average molecular weight is 259 g/mol. The molecule has 1 fully saturated rings. The minimum Gasteiger partial charge on any atom is -0.468 e. The maximum Gasteiger partial charge on any atom is 0.212 e. The molecule has 0 radical (unpaired) electrons. The molecule has 1 aliphatic carbocycles. The van der Waals surface area contributed by atoms with Crippen LogP contribution in [0.5, 0.6) is 0 Å². The van der Waals surface area contributed by atoms with Gasteiger partial charge in [-0.2, -0.15) is 0 Å². The predicted molar refractivity (Wildman–Crippen MR) is 62.8 cm³/mol. The van der Waals surface area contributed by atoms with E-state index in [4.69, 9.17) is 9.52 Å². The Morgan fingerprint density at radius 3 is 2.82 bits per heavy atom. The van der Waals surface area contributed by atoms with Crippen LogP contribution in [0.4, 0.5) is 0 Å². The number of hydrogen-bond acceptors (Lipinski definition) is 4. The monoisotopic (exact) mass is 259 g/mol. The lowest BCUT2D eigenvalue weighted by molar-refractivity contribution is 0.242. The molecular weight excluding hydrogens is 242 g/mol. The Balaban J connectivity index is 1.92. The van der Waals surface area contributed by atoms with Crippen molar-refractivity contribution in [2.24, 2.45) is 5.92 Å². The summed E-state index contributed by atoms with van der Waals surface area (Å²) < 4.78 is 31.1. The van der Waals surface area contributed by atoms with Gasteiger partial charge >= 0.3 is 0 Å². The molecule has 1 saturated carbocycles. The van der Waals surface area contributed by atoms with Gasteiger partial charge in [0.15, 0.2) is 0 Å². The molecule has 0 spiro atoms. The van der Waals surface area contributed by atoms with E-state index in [9.17, 15) is 8.42 Å². The number of sulfonamides is 1. The number of aliphatic hydroxyl groups is 1. The summed E-state index contributed by atoms with van der Waals surface area (Å²) in [6.45, 7) is -0.309. The fraction of sp³-hybridized carbons (Fsp3) is 0.636. The maximum absolute atomic E-state index is 11.8. The van der Waals surface area contributed by atoms with Crippen molar-refractivity contribution in [3.05, 3.63) is 24.2 Å². The van der Waals surface area contributed by atoms with E-state index in [0.717, 1.165) is 12.8 Å². The van der Waals surface area contributed by atoms with Crippen LogP contribution in [0.25, 0.3) is 0 Å². The normalized spacial score (nSPS) is 18.2. The fourth-order valence-electron chi connectivity index (χ4n) is 1.68. The van der Waals surface area contributed by atoms with Crippen molar-refractivity contribution < 1.29 is 17.9 Å². The molecule has 0 aliphatic heterocycles. The van der Waals surface area contributed by atoms with Crippen LogP contribution in [-0.2, 0) is 10.0 Å². The molecule has 6 heteroatoms. The van der Waals surface area contributed by atoms with Gasteiger partial charge in [-0.05, 0) is 24.5 Å². The molecular formula is C11H17NO4S. The van der Waals surface area contributed by atoms with Gasteiger partial charge < -0.3 is 9.52 Å². The highest BCUT2D eigenvalue weighted by Crippen LogP contribution is 2.32. The smallest absolute Gasteiger partial charge is 0.212 e. The minimum absolute atomic E-state index is 0.120. The van der Waals surface area contributed by atoms with Crippen LogP contribution in [-0.4, -0.2) is 25.9 Å². The van der Waals surface area contributed by atoms with Crippen LogP contribution in [0.15, 0.2) is 22.8 Å². The highest BCUT2D eigenvalue weighted by atomic mass is 32.2. The number of furan rings is 1. The van der Waals surface area contributed by atoms with Gasteiger partial charge in [-0.1, -0.05) is 12.8 Å². The van der Waals surface area contributed by atoms with Crippen molar-refractivity contribution in [1.29, 1.82) is 0 Å². The number of hydrogen-bond donors (Lipinski definition) is 2. The van der Waals surface area contributed by atoms with E-state index >= 15 is 0 Å². The Morgan fingerprint density at radius 2 is 2.29 bits per heavy atom. The summed E-state index contributed by atoms with van der Waals surface area (Å²) in [4.78, 5) is 0. The molecule has 1 aromatic heterocycles. The number of rotatable bonds is 7. The number of aliphatic hydroxyl groups excluding tert-OH is 1. The largest absolute Gasteiger partial charge is 0.468 e. The molecule has 1 atom stereocenters. The minimum atomic E-state index is -3.34. The van der Waals surface area contributed by atoms with E-state index in [-0.39, 0.29) is 12.4 Å². The van der Waals surface area contributed by atoms with Crippen molar-refractivity contribution in [1.82, 2.24) is 4.72 Å². The third kappa shape index (κ3) is 3.83. The molecule has 0 bridgehead atoms. The second-order valence-electron chi connectivity index (χ2n) is 4.42. The topological polar surface area (TPSA) is 79.5 Å². The molecule has 1 unspecified atom stereocenters. The van der Waals surface area contributed by atoms with Gasteiger partial charge in [-0.3, -0.25) is 0 Å². The van der Waals surface area contributed by atoms with E-state index in [2.05, 4.69) is 4.72 Å². The van der Waals surface area contributed by atoms with Crippen molar-refractivity contribution in [2.75, 3.05) is 12.4 Å². The van der Waals surface area contributed by atoms with E-state index in [0.29, 0.717) is 18.1 Å². The van der Waals surface area contributed by atoms with Gasteiger partial charge in [-0.25, -0.2) is 13.1 Å². The first-order valence-corrected chi connectivity index (χ1v) is 7.40. The van der Waals surface area contributed by atoms with Gasteiger partial charge in [-0.15, -0.1) is 0 Å². The molecule has 1 aliphatic rings. The predicted octanol–water partition coefficient (Wildman–Crippen LogP) is 1.03. The molecule has 0 amide bonds. The summed E-state index contributed by atoms with van der Waals surface area (Å²) in [5.74, 6) is 1.12. The van der Waals surface area contributed by atoms with E-state index < -0.39 is 16.1 Å². The van der Waals surface area contributed by atoms with Crippen LogP contribution in [0.3, 0.4) is 0 Å². The second kappa shape index (κ2) is 5.20. The Morgan fingerprint density at radius 1 is 1.53 bits per heavy atom. The summed E-state index contributed by atoms with van der Waals surface area (Å²) in [5.41, 5.74) is 0. The summed E-state index contributed by atoms with van der Waals surface area (Å²) in [5, 5.41) is 9.16. The van der Waals surface area contributed by atoms with Crippen LogP contribution >= 0.6 is 0 Å². The Labute approximate surface area is 101 Å². The summed E-state index contributed by atoms with van der Waals surface area (Å²) >= 11 is 0. The van der Waals surface area contributed by atoms with Gasteiger partial charge in [0.05, 0.1) is 18.6 Å². The first kappa shape index (κ1) is 12.6. The van der Waals surface area contributed by atoms with Crippen molar-refractivity contribution in [3.8, 4) is 0 Å². The standard InChI is InChI=1S/C11H17NO4S/c13-8-10(11-2-1-6-16-11)12-17(14,15)7-5-9-3-4-9/h1-2,6,9-10,12-13H,3-5,7-8H2. The van der Waals surface area contributed by atoms with Crippen molar-refractivity contribution in [3.63, 3.8) is 0 Å². The Hall–Kier alpha value is -0.850. The zero-order chi connectivity index (χ0) is 12.3. The first-order chi connectivity index (χ1) is 8.11. The summed E-state index contributed by atoms with van der Waals surface area (Å²) in [6, 6.07) is 2.62. The van der Waals surface area contributed by atoms with Crippen LogP contribution < -0.4 is 4.72 Å². The maximum atomic E-state index is 11.8. The fourth-order valence-corrected chi connectivity index (χ4v) is 3.06. The molecule has 2 rings (SSSR count). The first-order valence-electron chi connectivity index (χ1n) is 5.75. The molecule has 5 nitrogen and oxygen atoms in total. The summed E-state index contributed by atoms with van der Waals surface area (Å²) in [7, 11) is -3.34. The lowest BCUT2D eigenvalue weighted by Crippen LogP contribution is -2.32. The average Bonchev–Trinajstić information content (AvgIpc) is 2.97. The highest BCUT2D eigenvalue weighted by molar-refractivity contribution is 7.89. The molecule has 2 N–H and O–H groups in total. The van der Waals surface area contributed by atoms with E-state index in [1.807, 2.05) is 0 Å². The van der Waals surface area contributed by atoms with Gasteiger partial charge in [0.25, 0.3) is 0 Å². The van der Waals surface area contributed by atoms with Gasteiger partial charge in [0.2, 0.25) is 10.0 Å². The zero-order valence-corrected chi connectivity index (χ0v) is 10.3. The third-order valence-electron chi connectivity index (χ3n) is 2.88. The Kier molecular flexibility index (Phi) is 3.86. The molecule has 1 aromatic rings. The lowest BCUT2D eigenvalue weighted by Gasteiger charge is -2.14. The van der Waals surface area contributed by atoms with Gasteiger partial charge in [0.1, 0.15) is 11.8 Å². The Bertz CT molecular complexity index is 436. The molecule has 96 valence electrons. The van der Waals surface area contributed by atoms with E-state index in [1.165, 1.54) is 6.26 Å². The third-order valence-corrected chi connectivity index (χ3v) is 4.30. The van der Waals surface area contributed by atoms with Crippen LogP contribution in [0, 0.1) is 5.92 Å². The van der Waals surface area contributed by atoms with Crippen LogP contribution in [0.2, 0.25) is 0 Å². The lowest BCUT2D eigenvalue weighted by atomic mass is 10.2. The molecule has 0 aromatic carbocycles. The van der Waals surface area contributed by atoms with Crippen LogP contribution in [0.1, 0.15) is 31.1 Å². The quantitative estimate of drug-likeness (QED) is 0.766. The molecule has 17 heavy (non-hydrogen) atoms. The highest BCUT2D eigenvalue weighted by Gasteiger charge is 2.26. The SMILES string of the molecule is O=S(=O)(CCC1CC1)NC(CO)c1ccco1. The second-order valence-corrected chi connectivity index (χ2v) is 6.29. The molecule has 0 saturated heterocycles. The summed E-state index contributed by atoms with van der Waals surface area (Å²) in [6.07, 6.45) is 4.43. The zero-order valence-electron chi connectivity index (χ0n) is 9.50. The van der Waals surface area contributed by atoms with Crippen molar-refractivity contribution in [2.45, 2.75) is 25.3 Å².